The number of carbonyl (C=O) groups excluding carboxylic acids is 1. The Morgan fingerprint density at radius 1 is 1.47 bits per heavy atom. The second kappa shape index (κ2) is 4.50. The van der Waals surface area contributed by atoms with Crippen molar-refractivity contribution in [3.05, 3.63) is 45.1 Å². The van der Waals surface area contributed by atoms with Crippen LogP contribution in [0.4, 0.5) is 0 Å². The first-order chi connectivity index (χ1) is 8.33. The Morgan fingerprint density at radius 3 is 3.12 bits per heavy atom. The fourth-order valence-electron chi connectivity index (χ4n) is 1.59. The molecule has 0 unspecified atom stereocenters. The van der Waals surface area contributed by atoms with E-state index in [1.807, 2.05) is 17.5 Å². The van der Waals surface area contributed by atoms with E-state index in [-0.39, 0.29) is 5.97 Å². The maximum Gasteiger partial charge on any atom is 0.363 e. The number of esters is 1. The lowest BCUT2D eigenvalue weighted by Gasteiger charge is -1.93. The van der Waals surface area contributed by atoms with Crippen LogP contribution in [-0.2, 0) is 9.53 Å². The van der Waals surface area contributed by atoms with Gasteiger partial charge in [-0.25, -0.2) is 9.79 Å². The van der Waals surface area contributed by atoms with E-state index in [2.05, 4.69) is 11.1 Å². The SMILES string of the molecule is O=C1OC(c2cccs2)=N/C1=C/C1=CCCS1. The summed E-state index contributed by atoms with van der Waals surface area (Å²) in [6.45, 7) is 0. The fraction of sp³-hybridized carbons (Fsp3) is 0.167. The van der Waals surface area contributed by atoms with Crippen LogP contribution in [0, 0.1) is 0 Å². The molecule has 17 heavy (non-hydrogen) atoms. The molecule has 0 spiro atoms. The van der Waals surface area contributed by atoms with Gasteiger partial charge in [-0.1, -0.05) is 12.1 Å². The first kappa shape index (κ1) is 10.8. The van der Waals surface area contributed by atoms with Crippen LogP contribution in [0.25, 0.3) is 0 Å². The smallest absolute Gasteiger partial charge is 0.363 e. The van der Waals surface area contributed by atoms with Crippen molar-refractivity contribution in [1.29, 1.82) is 0 Å². The normalized spacial score (nSPS) is 21.6. The largest absolute Gasteiger partial charge is 0.401 e. The molecule has 2 aliphatic heterocycles. The van der Waals surface area contributed by atoms with E-state index in [1.54, 1.807) is 17.8 Å². The minimum Gasteiger partial charge on any atom is -0.401 e. The van der Waals surface area contributed by atoms with Gasteiger partial charge in [-0.15, -0.1) is 23.1 Å². The van der Waals surface area contributed by atoms with Crippen molar-refractivity contribution in [2.45, 2.75) is 6.42 Å². The minimum atomic E-state index is -0.359. The van der Waals surface area contributed by atoms with Gasteiger partial charge in [0.15, 0.2) is 5.70 Å². The highest BCUT2D eigenvalue weighted by molar-refractivity contribution is 8.03. The molecule has 0 saturated heterocycles. The lowest BCUT2D eigenvalue weighted by molar-refractivity contribution is -0.130. The molecule has 0 bridgehead atoms. The van der Waals surface area contributed by atoms with Gasteiger partial charge in [-0.05, 0) is 23.9 Å². The number of aliphatic imine (C=N–C) groups is 1. The molecule has 0 radical (unpaired) electrons. The second-order valence-electron chi connectivity index (χ2n) is 3.56. The third kappa shape index (κ3) is 2.21. The Kier molecular flexibility index (Phi) is 2.86. The number of cyclic esters (lactones) is 1. The number of thiophene rings is 1. The molecule has 0 atom stereocenters. The Balaban J connectivity index is 1.89. The van der Waals surface area contributed by atoms with Gasteiger partial charge >= 0.3 is 5.97 Å². The van der Waals surface area contributed by atoms with Crippen LogP contribution in [-0.4, -0.2) is 17.6 Å². The van der Waals surface area contributed by atoms with E-state index in [0.29, 0.717) is 11.6 Å². The van der Waals surface area contributed by atoms with Crippen molar-refractivity contribution in [1.82, 2.24) is 0 Å². The fourth-order valence-corrected chi connectivity index (χ4v) is 3.14. The molecule has 1 aromatic rings. The third-order valence-electron chi connectivity index (χ3n) is 2.36. The summed E-state index contributed by atoms with van der Waals surface area (Å²) in [5.74, 6) is 1.14. The average Bonchev–Trinajstić information content (AvgIpc) is 3.02. The lowest BCUT2D eigenvalue weighted by atomic mass is 10.3. The quantitative estimate of drug-likeness (QED) is 0.608. The summed E-state index contributed by atoms with van der Waals surface area (Å²) in [5, 5.41) is 1.93. The Bertz CT molecular complexity index is 541. The Labute approximate surface area is 107 Å². The number of ether oxygens (including phenoxy) is 1. The van der Waals surface area contributed by atoms with Gasteiger partial charge < -0.3 is 4.74 Å². The summed E-state index contributed by atoms with van der Waals surface area (Å²) in [6, 6.07) is 3.80. The predicted molar refractivity (Wildman–Crippen MR) is 70.2 cm³/mol. The van der Waals surface area contributed by atoms with Gasteiger partial charge in [-0.3, -0.25) is 0 Å². The zero-order valence-electron chi connectivity index (χ0n) is 8.88. The zero-order chi connectivity index (χ0) is 11.7. The highest BCUT2D eigenvalue weighted by Gasteiger charge is 2.25. The molecule has 0 saturated carbocycles. The molecule has 0 fully saturated rings. The molecule has 3 heterocycles. The molecule has 86 valence electrons. The molecule has 3 nitrogen and oxygen atoms in total. The summed E-state index contributed by atoms with van der Waals surface area (Å²) in [7, 11) is 0. The van der Waals surface area contributed by atoms with Crippen molar-refractivity contribution in [3.8, 4) is 0 Å². The van der Waals surface area contributed by atoms with E-state index in [1.165, 1.54) is 11.3 Å². The molecule has 3 rings (SSSR count). The van der Waals surface area contributed by atoms with Crippen LogP contribution in [0.1, 0.15) is 11.3 Å². The maximum atomic E-state index is 11.6. The summed E-state index contributed by atoms with van der Waals surface area (Å²) < 4.78 is 5.15. The van der Waals surface area contributed by atoms with Gasteiger partial charge in [0, 0.05) is 10.7 Å². The van der Waals surface area contributed by atoms with E-state index in [9.17, 15) is 4.79 Å². The van der Waals surface area contributed by atoms with E-state index < -0.39 is 0 Å². The van der Waals surface area contributed by atoms with Gasteiger partial charge in [0.05, 0.1) is 4.88 Å². The number of hydrogen-bond donors (Lipinski definition) is 0. The Hall–Kier alpha value is -1.33. The summed E-state index contributed by atoms with van der Waals surface area (Å²) in [4.78, 5) is 17.9. The average molecular weight is 263 g/mol. The molecular formula is C12H9NO2S2. The van der Waals surface area contributed by atoms with Crippen molar-refractivity contribution in [3.63, 3.8) is 0 Å². The van der Waals surface area contributed by atoms with Crippen molar-refractivity contribution in [2.24, 2.45) is 4.99 Å². The molecule has 0 N–H and O–H groups in total. The van der Waals surface area contributed by atoms with Crippen molar-refractivity contribution < 1.29 is 9.53 Å². The second-order valence-corrected chi connectivity index (χ2v) is 5.67. The highest BCUT2D eigenvalue weighted by Crippen LogP contribution is 2.28. The van der Waals surface area contributed by atoms with Crippen LogP contribution in [0.15, 0.2) is 45.3 Å². The first-order valence-electron chi connectivity index (χ1n) is 5.22. The number of thioether (sulfide) groups is 1. The standard InChI is InChI=1S/C12H9NO2S2/c14-12-9(7-8-3-1-5-16-8)13-11(15-12)10-4-2-6-17-10/h2-4,6-7H,1,5H2/b9-7+. The van der Waals surface area contributed by atoms with Crippen LogP contribution in [0.5, 0.6) is 0 Å². The molecule has 1 aromatic heterocycles. The van der Waals surface area contributed by atoms with Crippen molar-refractivity contribution in [2.75, 3.05) is 5.75 Å². The number of carbonyl (C=O) groups is 1. The third-order valence-corrected chi connectivity index (χ3v) is 4.28. The number of nitrogens with zero attached hydrogens (tertiary/aromatic N) is 1. The summed E-state index contributed by atoms with van der Waals surface area (Å²) in [6.07, 6.45) is 4.98. The van der Waals surface area contributed by atoms with Crippen LogP contribution < -0.4 is 0 Å². The Morgan fingerprint density at radius 2 is 2.41 bits per heavy atom. The predicted octanol–water partition coefficient (Wildman–Crippen LogP) is 2.96. The molecular weight excluding hydrogens is 254 g/mol. The van der Waals surface area contributed by atoms with Crippen LogP contribution >= 0.6 is 23.1 Å². The molecule has 0 amide bonds. The van der Waals surface area contributed by atoms with Crippen LogP contribution in [0.3, 0.4) is 0 Å². The van der Waals surface area contributed by atoms with E-state index >= 15 is 0 Å². The maximum absolute atomic E-state index is 11.6. The zero-order valence-corrected chi connectivity index (χ0v) is 10.5. The first-order valence-corrected chi connectivity index (χ1v) is 7.09. The summed E-state index contributed by atoms with van der Waals surface area (Å²) >= 11 is 3.25. The van der Waals surface area contributed by atoms with E-state index in [0.717, 1.165) is 22.0 Å². The topological polar surface area (TPSA) is 38.7 Å². The van der Waals surface area contributed by atoms with Gasteiger partial charge in [-0.2, -0.15) is 0 Å². The monoisotopic (exact) mass is 263 g/mol. The number of hydrogen-bond acceptors (Lipinski definition) is 5. The summed E-state index contributed by atoms with van der Waals surface area (Å²) in [5.41, 5.74) is 0.397. The van der Waals surface area contributed by atoms with Gasteiger partial charge in [0.2, 0.25) is 5.90 Å². The van der Waals surface area contributed by atoms with Gasteiger partial charge in [0.1, 0.15) is 0 Å². The lowest BCUT2D eigenvalue weighted by Crippen LogP contribution is -2.03. The van der Waals surface area contributed by atoms with Gasteiger partial charge in [0.25, 0.3) is 0 Å². The minimum absolute atomic E-state index is 0.359. The molecule has 2 aliphatic rings. The van der Waals surface area contributed by atoms with Crippen LogP contribution in [0.2, 0.25) is 0 Å². The molecule has 0 aromatic carbocycles. The number of allylic oxidation sites excluding steroid dienone is 2. The van der Waals surface area contributed by atoms with E-state index in [4.69, 9.17) is 4.74 Å². The molecule has 0 aliphatic carbocycles. The highest BCUT2D eigenvalue weighted by atomic mass is 32.2. The number of rotatable bonds is 2. The van der Waals surface area contributed by atoms with Crippen molar-refractivity contribution >= 4 is 35.0 Å². The molecule has 5 heteroatoms.